The monoisotopic (exact) mass is 347 g/mol. The molecule has 0 fully saturated rings. The normalized spacial score (nSPS) is 10.1. The molecule has 1 rings (SSSR count). The van der Waals surface area contributed by atoms with Crippen LogP contribution < -0.4 is 16.0 Å². The Balaban J connectivity index is 2.82. The molecule has 0 aromatic heterocycles. The number of carbonyl (C=O) groups is 1. The third-order valence-corrected chi connectivity index (χ3v) is 3.09. The van der Waals surface area contributed by atoms with E-state index in [1.807, 2.05) is 36.9 Å². The quantitative estimate of drug-likeness (QED) is 0.631. The van der Waals surface area contributed by atoms with Crippen molar-refractivity contribution in [3.63, 3.8) is 0 Å². The minimum Gasteiger partial charge on any atom is -0.397 e. The van der Waals surface area contributed by atoms with Crippen molar-refractivity contribution in [2.75, 3.05) is 30.3 Å². The van der Waals surface area contributed by atoms with Crippen molar-refractivity contribution in [1.29, 1.82) is 0 Å². The lowest BCUT2D eigenvalue weighted by Crippen LogP contribution is -2.37. The summed E-state index contributed by atoms with van der Waals surface area (Å²) in [6, 6.07) is 5.86. The average molecular weight is 347 g/mol. The van der Waals surface area contributed by atoms with Crippen LogP contribution in [0.2, 0.25) is 0 Å². The number of rotatable bonds is 5. The number of nitrogens with one attached hydrogen (secondary N) is 1. The highest BCUT2D eigenvalue weighted by Gasteiger charge is 2.11. The van der Waals surface area contributed by atoms with Gasteiger partial charge in [-0.05, 0) is 54.6 Å². The Morgan fingerprint density at radius 2 is 2.18 bits per heavy atom. The Hall–Kier alpha value is -0.980. The van der Waals surface area contributed by atoms with Crippen LogP contribution in [0.15, 0.2) is 18.2 Å². The Kier molecular flexibility index (Phi) is 5.54. The molecule has 1 aromatic rings. The highest BCUT2D eigenvalue weighted by atomic mass is 127. The summed E-state index contributed by atoms with van der Waals surface area (Å²) in [5, 5.41) is 2.79. The zero-order chi connectivity index (χ0) is 12.8. The number of nitrogen functional groups attached to an aromatic ring is 1. The maximum atomic E-state index is 11.6. The number of nitrogens with zero attached hydrogens (tertiary/aromatic N) is 1. The lowest BCUT2D eigenvalue weighted by Gasteiger charge is -2.24. The molecule has 3 N–H and O–H groups in total. The van der Waals surface area contributed by atoms with Gasteiger partial charge < -0.3 is 16.0 Å². The highest BCUT2D eigenvalue weighted by Crippen LogP contribution is 2.24. The third kappa shape index (κ3) is 4.07. The van der Waals surface area contributed by atoms with E-state index in [0.717, 1.165) is 15.8 Å². The molecule has 0 spiro atoms. The standard InChI is InChI=1S/C12H18IN3O/c1-3-15-12(17)8-16(4-2)11-6-5-9(13)7-10(11)14/h5-7H,3-4,8,14H2,1-2H3,(H,15,17). The number of halogens is 1. The van der Waals surface area contributed by atoms with Crippen molar-refractivity contribution in [2.24, 2.45) is 0 Å². The first-order valence-corrected chi connectivity index (χ1v) is 6.73. The number of carbonyl (C=O) groups excluding carboxylic acids is 1. The molecule has 5 heteroatoms. The number of hydrogen-bond donors (Lipinski definition) is 2. The summed E-state index contributed by atoms with van der Waals surface area (Å²) < 4.78 is 1.10. The van der Waals surface area contributed by atoms with Gasteiger partial charge in [0.2, 0.25) is 5.91 Å². The molecular formula is C12H18IN3O. The molecule has 94 valence electrons. The van der Waals surface area contributed by atoms with Gasteiger partial charge in [0.25, 0.3) is 0 Å². The molecule has 0 aliphatic rings. The van der Waals surface area contributed by atoms with Gasteiger partial charge in [-0.1, -0.05) is 0 Å². The van der Waals surface area contributed by atoms with Crippen LogP contribution in [0.1, 0.15) is 13.8 Å². The summed E-state index contributed by atoms with van der Waals surface area (Å²) in [5.74, 6) is 0.0206. The molecule has 17 heavy (non-hydrogen) atoms. The fraction of sp³-hybridized carbons (Fsp3) is 0.417. The van der Waals surface area contributed by atoms with Crippen LogP contribution in [-0.4, -0.2) is 25.5 Å². The van der Waals surface area contributed by atoms with Gasteiger partial charge in [-0.2, -0.15) is 0 Å². The number of anilines is 2. The van der Waals surface area contributed by atoms with Gasteiger partial charge in [0, 0.05) is 16.7 Å². The van der Waals surface area contributed by atoms with Crippen LogP contribution in [-0.2, 0) is 4.79 Å². The number of hydrogen-bond acceptors (Lipinski definition) is 3. The van der Waals surface area contributed by atoms with Crippen molar-refractivity contribution in [2.45, 2.75) is 13.8 Å². The SMILES string of the molecule is CCNC(=O)CN(CC)c1ccc(I)cc1N. The van der Waals surface area contributed by atoms with E-state index in [-0.39, 0.29) is 5.91 Å². The Labute approximate surface area is 116 Å². The summed E-state index contributed by atoms with van der Waals surface area (Å²) in [6.45, 7) is 5.67. The van der Waals surface area contributed by atoms with Crippen LogP contribution in [0.3, 0.4) is 0 Å². The highest BCUT2D eigenvalue weighted by molar-refractivity contribution is 14.1. The van der Waals surface area contributed by atoms with Crippen LogP contribution in [0.4, 0.5) is 11.4 Å². The smallest absolute Gasteiger partial charge is 0.239 e. The molecule has 0 radical (unpaired) electrons. The Morgan fingerprint density at radius 1 is 1.47 bits per heavy atom. The van der Waals surface area contributed by atoms with Gasteiger partial charge in [-0.25, -0.2) is 0 Å². The molecule has 1 aromatic carbocycles. The Morgan fingerprint density at radius 3 is 2.71 bits per heavy atom. The minimum absolute atomic E-state index is 0.0206. The summed E-state index contributed by atoms with van der Waals surface area (Å²) in [5.41, 5.74) is 7.60. The van der Waals surface area contributed by atoms with Crippen molar-refractivity contribution in [1.82, 2.24) is 5.32 Å². The summed E-state index contributed by atoms with van der Waals surface area (Å²) in [4.78, 5) is 13.5. The lowest BCUT2D eigenvalue weighted by atomic mass is 10.2. The van der Waals surface area contributed by atoms with Gasteiger partial charge >= 0.3 is 0 Å². The second-order valence-corrected chi connectivity index (χ2v) is 4.92. The van der Waals surface area contributed by atoms with Crippen molar-refractivity contribution < 1.29 is 4.79 Å². The van der Waals surface area contributed by atoms with Gasteiger partial charge in [0.15, 0.2) is 0 Å². The van der Waals surface area contributed by atoms with E-state index >= 15 is 0 Å². The van der Waals surface area contributed by atoms with E-state index in [1.54, 1.807) is 0 Å². The lowest BCUT2D eigenvalue weighted by molar-refractivity contribution is -0.119. The van der Waals surface area contributed by atoms with Crippen LogP contribution >= 0.6 is 22.6 Å². The maximum Gasteiger partial charge on any atom is 0.239 e. The van der Waals surface area contributed by atoms with Gasteiger partial charge in [0.05, 0.1) is 17.9 Å². The van der Waals surface area contributed by atoms with Gasteiger partial charge in [0.1, 0.15) is 0 Å². The van der Waals surface area contributed by atoms with Gasteiger partial charge in [-0.3, -0.25) is 4.79 Å². The van der Waals surface area contributed by atoms with E-state index in [4.69, 9.17) is 5.73 Å². The average Bonchev–Trinajstić information content (AvgIpc) is 2.27. The van der Waals surface area contributed by atoms with Crippen molar-refractivity contribution >= 4 is 39.9 Å². The van der Waals surface area contributed by atoms with Crippen LogP contribution in [0, 0.1) is 3.57 Å². The fourth-order valence-corrected chi connectivity index (χ4v) is 2.12. The minimum atomic E-state index is 0.0206. The topological polar surface area (TPSA) is 58.4 Å². The summed E-state index contributed by atoms with van der Waals surface area (Å²) in [6.07, 6.45) is 0. The molecule has 0 atom stereocenters. The molecule has 1 amide bonds. The number of nitrogens with two attached hydrogens (primary N) is 1. The largest absolute Gasteiger partial charge is 0.397 e. The first kappa shape index (κ1) is 14.1. The van der Waals surface area contributed by atoms with E-state index < -0.39 is 0 Å². The zero-order valence-electron chi connectivity index (χ0n) is 10.2. The molecule has 0 saturated heterocycles. The van der Waals surface area contributed by atoms with Crippen LogP contribution in [0.5, 0.6) is 0 Å². The number of benzene rings is 1. The van der Waals surface area contributed by atoms with Crippen LogP contribution in [0.25, 0.3) is 0 Å². The van der Waals surface area contributed by atoms with Crippen molar-refractivity contribution in [3.05, 3.63) is 21.8 Å². The van der Waals surface area contributed by atoms with Gasteiger partial charge in [-0.15, -0.1) is 0 Å². The maximum absolute atomic E-state index is 11.6. The molecule has 0 bridgehead atoms. The van der Waals surface area contributed by atoms with E-state index in [2.05, 4.69) is 27.9 Å². The zero-order valence-corrected chi connectivity index (χ0v) is 12.3. The fourth-order valence-electron chi connectivity index (χ4n) is 1.61. The van der Waals surface area contributed by atoms with E-state index in [0.29, 0.717) is 18.8 Å². The molecule has 0 aliphatic heterocycles. The molecule has 4 nitrogen and oxygen atoms in total. The first-order chi connectivity index (χ1) is 8.08. The molecule has 0 heterocycles. The molecule has 0 unspecified atom stereocenters. The second-order valence-electron chi connectivity index (χ2n) is 3.67. The summed E-state index contributed by atoms with van der Waals surface area (Å²) in [7, 11) is 0. The second kappa shape index (κ2) is 6.68. The molecule has 0 aliphatic carbocycles. The van der Waals surface area contributed by atoms with E-state index in [9.17, 15) is 4.79 Å². The molecular weight excluding hydrogens is 329 g/mol. The predicted molar refractivity (Wildman–Crippen MR) is 80.1 cm³/mol. The van der Waals surface area contributed by atoms with E-state index in [1.165, 1.54) is 0 Å². The number of likely N-dealkylation sites (N-methyl/N-ethyl adjacent to an activating group) is 2. The predicted octanol–water partition coefficient (Wildman–Crippen LogP) is 1.84. The van der Waals surface area contributed by atoms with Crippen molar-refractivity contribution in [3.8, 4) is 0 Å². The first-order valence-electron chi connectivity index (χ1n) is 5.65. The molecule has 0 saturated carbocycles. The number of amides is 1. The summed E-state index contributed by atoms with van der Waals surface area (Å²) >= 11 is 2.22. The Bertz CT molecular complexity index is 395. The third-order valence-electron chi connectivity index (χ3n) is 2.42.